The second-order valence-corrected chi connectivity index (χ2v) is 12.0. The van der Waals surface area contributed by atoms with E-state index in [1.807, 2.05) is 32.9 Å². The van der Waals surface area contributed by atoms with Gasteiger partial charge in [0.1, 0.15) is 11.9 Å². The maximum Gasteiger partial charge on any atom is 0.173 e. The summed E-state index contributed by atoms with van der Waals surface area (Å²) >= 11 is 0. The summed E-state index contributed by atoms with van der Waals surface area (Å²) in [5.74, 6) is 2.32. The van der Waals surface area contributed by atoms with Gasteiger partial charge in [-0.2, -0.15) is 0 Å². The summed E-state index contributed by atoms with van der Waals surface area (Å²) in [6, 6.07) is 5.44. The van der Waals surface area contributed by atoms with Crippen molar-refractivity contribution in [1.29, 1.82) is 0 Å². The summed E-state index contributed by atoms with van der Waals surface area (Å²) in [5, 5.41) is 20.9. The van der Waals surface area contributed by atoms with Crippen molar-refractivity contribution in [3.8, 4) is 28.7 Å². The van der Waals surface area contributed by atoms with Crippen LogP contribution in [-0.4, -0.2) is 55.6 Å². The van der Waals surface area contributed by atoms with Crippen LogP contribution in [0.15, 0.2) is 29.8 Å². The van der Waals surface area contributed by atoms with E-state index in [0.717, 1.165) is 24.0 Å². The fourth-order valence-corrected chi connectivity index (χ4v) is 5.38. The van der Waals surface area contributed by atoms with Gasteiger partial charge in [0, 0.05) is 23.1 Å². The van der Waals surface area contributed by atoms with Gasteiger partial charge in [0.2, 0.25) is 0 Å². The predicted octanol–water partition coefficient (Wildman–Crippen LogP) is 6.56. The van der Waals surface area contributed by atoms with Crippen molar-refractivity contribution in [2.24, 2.45) is 0 Å². The van der Waals surface area contributed by atoms with Gasteiger partial charge in [-0.1, -0.05) is 24.6 Å². The van der Waals surface area contributed by atoms with Crippen LogP contribution in [0.25, 0.3) is 0 Å². The van der Waals surface area contributed by atoms with Crippen LogP contribution in [0.4, 0.5) is 0 Å². The first kappa shape index (κ1) is 33.3. The summed E-state index contributed by atoms with van der Waals surface area (Å²) in [5.41, 5.74) is 2.25. The Labute approximate surface area is 250 Å². The van der Waals surface area contributed by atoms with E-state index in [1.54, 1.807) is 34.3 Å². The van der Waals surface area contributed by atoms with Crippen molar-refractivity contribution in [2.45, 2.75) is 96.9 Å². The topological polar surface area (TPSA) is 104 Å². The number of benzene rings is 2. The molecule has 0 aliphatic carbocycles. The summed E-state index contributed by atoms with van der Waals surface area (Å²) in [6.45, 7) is 9.40. The number of ether oxygens (including phenoxy) is 5. The monoisotopic (exact) mass is 584 g/mol. The van der Waals surface area contributed by atoms with Crippen molar-refractivity contribution < 1.29 is 38.7 Å². The second kappa shape index (κ2) is 13.8. The summed E-state index contributed by atoms with van der Waals surface area (Å²) in [6.07, 6.45) is 5.49. The molecule has 0 saturated carbocycles. The van der Waals surface area contributed by atoms with Crippen molar-refractivity contribution in [2.75, 3.05) is 28.4 Å². The van der Waals surface area contributed by atoms with Gasteiger partial charge in [0.05, 0.1) is 51.6 Å². The van der Waals surface area contributed by atoms with Gasteiger partial charge in [-0.25, -0.2) is 0 Å². The van der Waals surface area contributed by atoms with Crippen LogP contribution in [0, 0.1) is 0 Å². The number of hydrogen-bond donors (Lipinski definition) is 2. The lowest BCUT2D eigenvalue weighted by Crippen LogP contribution is -2.27. The molecular weight excluding hydrogens is 536 g/mol. The fraction of sp³-hybridized carbons (Fsp3) is 0.559. The molecule has 0 saturated heterocycles. The third-order valence-electron chi connectivity index (χ3n) is 8.02. The van der Waals surface area contributed by atoms with Gasteiger partial charge >= 0.3 is 0 Å². The first-order valence-electron chi connectivity index (χ1n) is 14.6. The molecule has 2 aromatic rings. The molecule has 42 heavy (non-hydrogen) atoms. The number of carbonyl (C=O) groups excluding carboxylic acids is 1. The van der Waals surface area contributed by atoms with E-state index in [9.17, 15) is 15.0 Å². The van der Waals surface area contributed by atoms with E-state index >= 15 is 0 Å². The number of rotatable bonds is 14. The number of Topliss-reactive ketones (excluding diaryl/α,β-unsaturated/α-hetero) is 1. The van der Waals surface area contributed by atoms with Gasteiger partial charge in [0.15, 0.2) is 28.8 Å². The number of fused-ring (bicyclic) bond motifs is 1. The zero-order valence-corrected chi connectivity index (χ0v) is 26.7. The summed E-state index contributed by atoms with van der Waals surface area (Å²) in [4.78, 5) is 13.6. The Morgan fingerprint density at radius 3 is 2.24 bits per heavy atom. The van der Waals surface area contributed by atoms with Gasteiger partial charge in [-0.05, 0) is 71.9 Å². The molecule has 1 aliphatic heterocycles. The van der Waals surface area contributed by atoms with E-state index in [2.05, 4.69) is 13.0 Å². The lowest BCUT2D eigenvalue weighted by atomic mass is 9.88. The average molecular weight is 585 g/mol. The Balaban J connectivity index is 2.06. The molecule has 0 amide bonds. The van der Waals surface area contributed by atoms with Crippen LogP contribution < -0.4 is 23.7 Å². The van der Waals surface area contributed by atoms with Gasteiger partial charge < -0.3 is 33.9 Å². The average Bonchev–Trinajstić information content (AvgIpc) is 2.94. The number of aliphatic hydroxyl groups is 2. The molecule has 0 aromatic heterocycles. The fourth-order valence-electron chi connectivity index (χ4n) is 5.38. The van der Waals surface area contributed by atoms with Crippen molar-refractivity contribution in [1.82, 2.24) is 0 Å². The standard InChI is InChI=1S/C34H48O8/c1-10-34(5,37)20-25-28(39-7)18-24-26(35)19-29(42-32(24)31(25)41-9)22-15-16-27(38-6)30(40-8)23(22)14-13-21(2)12-11-17-33(3,4)36/h13,15-16,18,29,36-37H,10-12,14,17,19-20H2,1-9H3/t29-,34?/m1/s1. The van der Waals surface area contributed by atoms with Crippen LogP contribution in [0.3, 0.4) is 0 Å². The Kier molecular flexibility index (Phi) is 11.0. The highest BCUT2D eigenvalue weighted by atomic mass is 16.5. The van der Waals surface area contributed by atoms with Crippen LogP contribution in [-0.2, 0) is 12.8 Å². The number of ketones is 1. The normalized spacial score (nSPS) is 16.8. The first-order chi connectivity index (χ1) is 19.8. The Bertz CT molecular complexity index is 1290. The number of hydrogen-bond acceptors (Lipinski definition) is 8. The third kappa shape index (κ3) is 7.78. The lowest BCUT2D eigenvalue weighted by Gasteiger charge is -2.31. The maximum absolute atomic E-state index is 13.6. The Morgan fingerprint density at radius 1 is 1.00 bits per heavy atom. The quantitative estimate of drug-likeness (QED) is 0.241. The minimum Gasteiger partial charge on any atom is -0.496 e. The molecule has 0 fully saturated rings. The van der Waals surface area contributed by atoms with E-state index in [4.69, 9.17) is 23.7 Å². The highest BCUT2D eigenvalue weighted by molar-refractivity contribution is 6.01. The summed E-state index contributed by atoms with van der Waals surface area (Å²) < 4.78 is 29.5. The molecule has 1 aliphatic rings. The predicted molar refractivity (Wildman–Crippen MR) is 164 cm³/mol. The molecule has 232 valence electrons. The molecule has 3 rings (SSSR count). The summed E-state index contributed by atoms with van der Waals surface area (Å²) in [7, 11) is 6.28. The number of allylic oxidation sites excluding steroid dienone is 2. The number of methoxy groups -OCH3 is 4. The van der Waals surface area contributed by atoms with E-state index in [1.165, 1.54) is 12.7 Å². The van der Waals surface area contributed by atoms with Crippen molar-refractivity contribution in [3.05, 3.63) is 52.1 Å². The molecule has 2 atom stereocenters. The van der Waals surface area contributed by atoms with E-state index < -0.39 is 17.3 Å². The largest absolute Gasteiger partial charge is 0.496 e. The molecule has 8 heteroatoms. The van der Waals surface area contributed by atoms with Gasteiger partial charge in [-0.3, -0.25) is 4.79 Å². The smallest absolute Gasteiger partial charge is 0.173 e. The van der Waals surface area contributed by atoms with Gasteiger partial charge in [0.25, 0.3) is 0 Å². The molecule has 0 bridgehead atoms. The van der Waals surface area contributed by atoms with Crippen LogP contribution in [0.2, 0.25) is 0 Å². The molecular formula is C34H48O8. The minimum absolute atomic E-state index is 0.0919. The zero-order chi connectivity index (χ0) is 31.2. The highest BCUT2D eigenvalue weighted by Gasteiger charge is 2.36. The molecule has 2 N–H and O–H groups in total. The highest BCUT2D eigenvalue weighted by Crippen LogP contribution is 2.49. The molecule has 0 radical (unpaired) electrons. The van der Waals surface area contributed by atoms with Crippen molar-refractivity contribution >= 4 is 5.78 Å². The van der Waals surface area contributed by atoms with Crippen LogP contribution >= 0.6 is 0 Å². The lowest BCUT2D eigenvalue weighted by molar-refractivity contribution is 0.0548. The molecule has 1 unspecified atom stereocenters. The van der Waals surface area contributed by atoms with E-state index in [0.29, 0.717) is 59.1 Å². The van der Waals surface area contributed by atoms with Crippen LogP contribution in [0.1, 0.15) is 99.9 Å². The number of carbonyl (C=O) groups is 1. The molecule has 2 aromatic carbocycles. The maximum atomic E-state index is 13.6. The van der Waals surface area contributed by atoms with Gasteiger partial charge in [-0.15, -0.1) is 0 Å². The zero-order valence-electron chi connectivity index (χ0n) is 26.7. The van der Waals surface area contributed by atoms with Crippen molar-refractivity contribution in [3.63, 3.8) is 0 Å². The van der Waals surface area contributed by atoms with E-state index in [-0.39, 0.29) is 18.6 Å². The molecule has 1 heterocycles. The Hall–Kier alpha value is -3.23. The Morgan fingerprint density at radius 2 is 1.67 bits per heavy atom. The second-order valence-electron chi connectivity index (χ2n) is 12.0. The molecule has 8 nitrogen and oxygen atoms in total. The third-order valence-corrected chi connectivity index (χ3v) is 8.02. The SMILES string of the molecule is CCC(C)(O)Cc1c(OC)cc2c(c1OC)O[C@@H](c1ccc(OC)c(OC)c1CC=C(C)CCCC(C)(C)O)CC2=O. The van der Waals surface area contributed by atoms with Crippen LogP contribution in [0.5, 0.6) is 28.7 Å². The minimum atomic E-state index is -0.999. The molecule has 0 spiro atoms. The first-order valence-corrected chi connectivity index (χ1v) is 14.6.